The van der Waals surface area contributed by atoms with E-state index in [0.29, 0.717) is 5.88 Å². The number of hydrogen-bond acceptors (Lipinski definition) is 4. The summed E-state index contributed by atoms with van der Waals surface area (Å²) in [5.74, 6) is 0.466. The molecule has 6 heteroatoms. The summed E-state index contributed by atoms with van der Waals surface area (Å²) in [4.78, 5) is 4.81. The smallest absolute Gasteiger partial charge is 0.178 e. The maximum absolute atomic E-state index is 8.36. The largest absolute Gasteiger partial charge is 0.393 e. The molecule has 1 saturated heterocycles. The quantitative estimate of drug-likeness (QED) is 0.454. The average Bonchev–Trinajstić information content (AvgIpc) is 3.06. The Bertz CT molecular complexity index is 703. The van der Waals surface area contributed by atoms with Crippen molar-refractivity contribution in [1.82, 2.24) is 10.2 Å². The van der Waals surface area contributed by atoms with Crippen LogP contribution in [-0.4, -0.2) is 35.5 Å². The summed E-state index contributed by atoms with van der Waals surface area (Å²) in [6.45, 7) is 16.0. The SMILES string of the molecule is C/C=C\C1=C(C)N2CCCN(c3ccc(Cl)cc3CCl)C2N1.C=C.CCC(C)O. The van der Waals surface area contributed by atoms with Crippen LogP contribution >= 0.6 is 23.2 Å². The van der Waals surface area contributed by atoms with Crippen molar-refractivity contribution in [2.45, 2.75) is 58.8 Å². The van der Waals surface area contributed by atoms with Crippen LogP contribution in [0.25, 0.3) is 0 Å². The Labute approximate surface area is 186 Å². The summed E-state index contributed by atoms with van der Waals surface area (Å²) >= 11 is 12.2. The van der Waals surface area contributed by atoms with E-state index in [4.69, 9.17) is 28.3 Å². The third-order valence-corrected chi connectivity index (χ3v) is 5.44. The zero-order chi connectivity index (χ0) is 22.0. The molecule has 162 valence electrons. The summed E-state index contributed by atoms with van der Waals surface area (Å²) in [6, 6.07) is 5.98. The van der Waals surface area contributed by atoms with Gasteiger partial charge in [-0.25, -0.2) is 0 Å². The number of aliphatic hydroxyl groups is 1. The van der Waals surface area contributed by atoms with Gasteiger partial charge < -0.3 is 20.2 Å². The first-order chi connectivity index (χ1) is 13.9. The van der Waals surface area contributed by atoms with Crippen molar-refractivity contribution in [2.24, 2.45) is 0 Å². The van der Waals surface area contributed by atoms with E-state index in [2.05, 4.69) is 53.4 Å². The van der Waals surface area contributed by atoms with Crippen LogP contribution < -0.4 is 10.2 Å². The monoisotopic (exact) mass is 439 g/mol. The molecule has 29 heavy (non-hydrogen) atoms. The van der Waals surface area contributed by atoms with Gasteiger partial charge in [0.1, 0.15) is 0 Å². The number of rotatable bonds is 4. The van der Waals surface area contributed by atoms with Gasteiger partial charge in [0.15, 0.2) is 6.29 Å². The van der Waals surface area contributed by atoms with Crippen molar-refractivity contribution in [3.63, 3.8) is 0 Å². The Hall–Kier alpha value is -1.62. The van der Waals surface area contributed by atoms with Gasteiger partial charge in [-0.2, -0.15) is 0 Å². The van der Waals surface area contributed by atoms with Crippen LogP contribution in [0.15, 0.2) is 54.9 Å². The zero-order valence-corrected chi connectivity index (χ0v) is 19.6. The second kappa shape index (κ2) is 12.8. The molecular weight excluding hydrogens is 405 g/mol. The Morgan fingerprint density at radius 2 is 1.93 bits per heavy atom. The van der Waals surface area contributed by atoms with Crippen LogP contribution in [0, 0.1) is 0 Å². The van der Waals surface area contributed by atoms with Crippen molar-refractivity contribution in [2.75, 3.05) is 18.0 Å². The number of benzene rings is 1. The van der Waals surface area contributed by atoms with Gasteiger partial charge in [-0.15, -0.1) is 24.8 Å². The predicted octanol–water partition coefficient (Wildman–Crippen LogP) is 5.86. The minimum Gasteiger partial charge on any atom is -0.393 e. The standard InChI is InChI=1S/C17H21Cl2N3.C4H10O.C2H4/c1-3-5-15-12(2)21-8-4-9-22(17(21)20-15)16-7-6-14(19)10-13(16)11-18;1-3-4(2)5;1-2/h3,5-7,10,17,20H,4,8-9,11H2,1-2H3;4-5H,3H2,1-2H3;1-2H2/b5-3-;;. The van der Waals surface area contributed by atoms with Crippen molar-refractivity contribution >= 4 is 28.9 Å². The van der Waals surface area contributed by atoms with Crippen molar-refractivity contribution in [1.29, 1.82) is 0 Å². The number of hydrogen-bond donors (Lipinski definition) is 2. The lowest BCUT2D eigenvalue weighted by molar-refractivity contribution is 0.191. The molecular formula is C23H35Cl2N3O. The van der Waals surface area contributed by atoms with Crippen molar-refractivity contribution in [3.05, 3.63) is 65.5 Å². The highest BCUT2D eigenvalue weighted by Gasteiger charge is 2.35. The van der Waals surface area contributed by atoms with Gasteiger partial charge in [0, 0.05) is 35.4 Å². The first-order valence-corrected chi connectivity index (χ1v) is 11.0. The van der Waals surface area contributed by atoms with Crippen molar-refractivity contribution < 1.29 is 5.11 Å². The molecule has 2 unspecified atom stereocenters. The highest BCUT2D eigenvalue weighted by atomic mass is 35.5. The van der Waals surface area contributed by atoms with Crippen LogP contribution in [0.3, 0.4) is 0 Å². The van der Waals surface area contributed by atoms with Crippen LogP contribution in [0.4, 0.5) is 5.69 Å². The number of halogens is 2. The maximum Gasteiger partial charge on any atom is 0.178 e. The minimum absolute atomic E-state index is 0.116. The Balaban J connectivity index is 0.000000527. The normalized spacial score (nSPS) is 19.1. The van der Waals surface area contributed by atoms with Gasteiger partial charge in [0.05, 0.1) is 11.8 Å². The molecule has 4 nitrogen and oxygen atoms in total. The molecule has 0 spiro atoms. The summed E-state index contributed by atoms with van der Waals surface area (Å²) in [5.41, 5.74) is 4.74. The maximum atomic E-state index is 8.36. The lowest BCUT2D eigenvalue weighted by Gasteiger charge is -2.43. The number of alkyl halides is 1. The fourth-order valence-corrected chi connectivity index (χ4v) is 3.67. The van der Waals surface area contributed by atoms with Crippen LogP contribution in [0.5, 0.6) is 0 Å². The van der Waals surface area contributed by atoms with Crippen LogP contribution in [0.2, 0.25) is 5.02 Å². The molecule has 2 N–H and O–H groups in total. The lowest BCUT2D eigenvalue weighted by Crippen LogP contribution is -2.56. The summed E-state index contributed by atoms with van der Waals surface area (Å²) in [7, 11) is 0. The van der Waals surface area contributed by atoms with E-state index in [1.807, 2.05) is 26.0 Å². The van der Waals surface area contributed by atoms with E-state index in [-0.39, 0.29) is 12.4 Å². The first-order valence-electron chi connectivity index (χ1n) is 10.1. The van der Waals surface area contributed by atoms with E-state index < -0.39 is 0 Å². The Kier molecular flexibility index (Phi) is 11.3. The molecule has 0 bridgehead atoms. The number of aliphatic hydroxyl groups excluding tert-OH is 1. The molecule has 2 aliphatic heterocycles. The van der Waals surface area contributed by atoms with E-state index >= 15 is 0 Å². The molecule has 0 amide bonds. The average molecular weight is 440 g/mol. The second-order valence-electron chi connectivity index (χ2n) is 6.92. The number of anilines is 1. The molecule has 2 aliphatic rings. The number of nitrogens with zero attached hydrogens (tertiary/aromatic N) is 2. The number of allylic oxidation sites excluding steroid dienone is 3. The summed E-state index contributed by atoms with van der Waals surface area (Å²) in [5, 5.41) is 12.7. The van der Waals surface area contributed by atoms with Crippen LogP contribution in [0.1, 0.15) is 46.1 Å². The van der Waals surface area contributed by atoms with Gasteiger partial charge in [0.25, 0.3) is 0 Å². The lowest BCUT2D eigenvalue weighted by atomic mass is 10.1. The molecule has 1 fully saturated rings. The first kappa shape index (κ1) is 25.4. The molecule has 0 aliphatic carbocycles. The van der Waals surface area contributed by atoms with Gasteiger partial charge in [0.2, 0.25) is 0 Å². The highest BCUT2D eigenvalue weighted by molar-refractivity contribution is 6.30. The Morgan fingerprint density at radius 1 is 1.31 bits per heavy atom. The third-order valence-electron chi connectivity index (χ3n) is 4.91. The minimum atomic E-state index is -0.116. The van der Waals surface area contributed by atoms with Crippen molar-refractivity contribution in [3.8, 4) is 0 Å². The molecule has 0 saturated carbocycles. The van der Waals surface area contributed by atoms with E-state index in [9.17, 15) is 0 Å². The molecule has 3 rings (SSSR count). The topological polar surface area (TPSA) is 38.7 Å². The highest BCUT2D eigenvalue weighted by Crippen LogP contribution is 2.33. The molecule has 1 aromatic carbocycles. The van der Waals surface area contributed by atoms with Gasteiger partial charge in [-0.1, -0.05) is 24.6 Å². The number of fused-ring (bicyclic) bond motifs is 1. The van der Waals surface area contributed by atoms with E-state index in [0.717, 1.165) is 42.2 Å². The molecule has 0 aromatic heterocycles. The summed E-state index contributed by atoms with van der Waals surface area (Å²) in [6.07, 6.45) is 6.23. The van der Waals surface area contributed by atoms with Gasteiger partial charge >= 0.3 is 0 Å². The van der Waals surface area contributed by atoms with Gasteiger partial charge in [-0.05, 0) is 63.5 Å². The number of nitrogens with one attached hydrogen (secondary N) is 1. The molecule has 1 aromatic rings. The van der Waals surface area contributed by atoms with E-state index in [1.54, 1.807) is 6.92 Å². The molecule has 0 radical (unpaired) electrons. The fourth-order valence-electron chi connectivity index (χ4n) is 3.26. The van der Waals surface area contributed by atoms with Crippen LogP contribution in [-0.2, 0) is 5.88 Å². The Morgan fingerprint density at radius 3 is 2.48 bits per heavy atom. The van der Waals surface area contributed by atoms with Gasteiger partial charge in [-0.3, -0.25) is 0 Å². The summed E-state index contributed by atoms with van der Waals surface area (Å²) < 4.78 is 0. The second-order valence-corrected chi connectivity index (χ2v) is 7.63. The third kappa shape index (κ3) is 6.70. The molecule has 2 atom stereocenters. The van der Waals surface area contributed by atoms with E-state index in [1.165, 1.54) is 11.4 Å². The zero-order valence-electron chi connectivity index (χ0n) is 18.1. The predicted molar refractivity (Wildman–Crippen MR) is 127 cm³/mol. The fraction of sp³-hybridized carbons (Fsp3) is 0.478. The molecule has 2 heterocycles.